The summed E-state index contributed by atoms with van der Waals surface area (Å²) in [7, 11) is -3.47. The molecular formula is C11H19N3O3S. The number of sulfonamides is 1. The summed E-state index contributed by atoms with van der Waals surface area (Å²) in [5, 5.41) is 4.03. The van der Waals surface area contributed by atoms with Crippen molar-refractivity contribution in [3.63, 3.8) is 0 Å². The molecule has 0 spiro atoms. The highest BCUT2D eigenvalue weighted by Gasteiger charge is 2.21. The standard InChI is InChI=1S/C11H19N3O3S/c1-9(2)14-8-11(7-12-14)18(15,16)13-6-10-4-3-5-17-10/h7-10,13H,3-6H2,1-2H3/t10-/m1/s1. The molecule has 1 aliphatic heterocycles. The van der Waals surface area contributed by atoms with E-state index in [1.165, 1.54) is 6.20 Å². The van der Waals surface area contributed by atoms with E-state index in [0.29, 0.717) is 6.54 Å². The third-order valence-corrected chi connectivity index (χ3v) is 4.32. The van der Waals surface area contributed by atoms with Gasteiger partial charge in [0.05, 0.1) is 12.3 Å². The summed E-state index contributed by atoms with van der Waals surface area (Å²) in [6, 6.07) is 0.145. The second-order valence-corrected chi connectivity index (χ2v) is 6.50. The van der Waals surface area contributed by atoms with Gasteiger partial charge in [-0.1, -0.05) is 0 Å². The summed E-state index contributed by atoms with van der Waals surface area (Å²) in [5.41, 5.74) is 0. The molecule has 0 saturated carbocycles. The first kappa shape index (κ1) is 13.5. The lowest BCUT2D eigenvalue weighted by atomic mass is 10.2. The zero-order valence-corrected chi connectivity index (χ0v) is 11.5. The Hall–Kier alpha value is -0.920. The Morgan fingerprint density at radius 1 is 1.61 bits per heavy atom. The quantitative estimate of drug-likeness (QED) is 0.866. The summed E-state index contributed by atoms with van der Waals surface area (Å²) in [6.45, 7) is 4.94. The normalized spacial score (nSPS) is 20.7. The Labute approximate surface area is 107 Å². The summed E-state index contributed by atoms with van der Waals surface area (Å²) < 4.78 is 33.6. The topological polar surface area (TPSA) is 73.2 Å². The summed E-state index contributed by atoms with van der Waals surface area (Å²) in [4.78, 5) is 0.203. The van der Waals surface area contributed by atoms with E-state index in [4.69, 9.17) is 4.74 Å². The first-order chi connectivity index (χ1) is 8.49. The Kier molecular flexibility index (Phi) is 4.04. The Morgan fingerprint density at radius 3 is 2.94 bits per heavy atom. The molecule has 0 radical (unpaired) electrons. The van der Waals surface area contributed by atoms with Crippen LogP contribution in [0, 0.1) is 0 Å². The molecule has 1 fully saturated rings. The average Bonchev–Trinajstić information content (AvgIpc) is 2.98. The second-order valence-electron chi connectivity index (χ2n) is 4.74. The fourth-order valence-electron chi connectivity index (χ4n) is 1.83. The van der Waals surface area contributed by atoms with Crippen molar-refractivity contribution < 1.29 is 13.2 Å². The molecule has 2 rings (SSSR count). The predicted octanol–water partition coefficient (Wildman–Crippen LogP) is 0.921. The SMILES string of the molecule is CC(C)n1cc(S(=O)(=O)NC[C@H]2CCCO2)cn1. The molecule has 1 aromatic heterocycles. The molecule has 6 nitrogen and oxygen atoms in total. The van der Waals surface area contributed by atoms with Crippen LogP contribution in [0.4, 0.5) is 0 Å². The maximum Gasteiger partial charge on any atom is 0.243 e. The molecule has 18 heavy (non-hydrogen) atoms. The van der Waals surface area contributed by atoms with E-state index in [0.717, 1.165) is 19.4 Å². The van der Waals surface area contributed by atoms with Crippen molar-refractivity contribution in [2.24, 2.45) is 0 Å². The molecule has 1 N–H and O–H groups in total. The van der Waals surface area contributed by atoms with E-state index in [1.54, 1.807) is 10.9 Å². The molecule has 102 valence electrons. The highest BCUT2D eigenvalue weighted by Crippen LogP contribution is 2.14. The first-order valence-electron chi connectivity index (χ1n) is 6.14. The van der Waals surface area contributed by atoms with Crippen molar-refractivity contribution in [3.05, 3.63) is 12.4 Å². The lowest BCUT2D eigenvalue weighted by Gasteiger charge is -2.10. The minimum absolute atomic E-state index is 0.0000753. The summed E-state index contributed by atoms with van der Waals surface area (Å²) >= 11 is 0. The molecule has 0 amide bonds. The molecule has 0 unspecified atom stereocenters. The van der Waals surface area contributed by atoms with Crippen molar-refractivity contribution in [2.45, 2.75) is 43.7 Å². The van der Waals surface area contributed by atoms with E-state index in [-0.39, 0.29) is 17.0 Å². The van der Waals surface area contributed by atoms with Crippen LogP contribution in [0.3, 0.4) is 0 Å². The van der Waals surface area contributed by atoms with Crippen molar-refractivity contribution >= 4 is 10.0 Å². The van der Waals surface area contributed by atoms with Crippen molar-refractivity contribution in [1.82, 2.24) is 14.5 Å². The van der Waals surface area contributed by atoms with Crippen LogP contribution >= 0.6 is 0 Å². The number of rotatable bonds is 5. The van der Waals surface area contributed by atoms with Crippen molar-refractivity contribution in [3.8, 4) is 0 Å². The van der Waals surface area contributed by atoms with Crippen LogP contribution < -0.4 is 4.72 Å². The molecule has 7 heteroatoms. The zero-order valence-electron chi connectivity index (χ0n) is 10.7. The fourth-order valence-corrected chi connectivity index (χ4v) is 2.84. The maximum absolute atomic E-state index is 12.0. The van der Waals surface area contributed by atoms with Gasteiger partial charge in [-0.25, -0.2) is 13.1 Å². The van der Waals surface area contributed by atoms with Gasteiger partial charge in [0, 0.05) is 25.4 Å². The third kappa shape index (κ3) is 3.09. The van der Waals surface area contributed by atoms with Crippen LogP contribution in [0.5, 0.6) is 0 Å². The molecule has 0 aliphatic carbocycles. The number of hydrogen-bond donors (Lipinski definition) is 1. The smallest absolute Gasteiger partial charge is 0.243 e. The molecule has 0 bridgehead atoms. The van der Waals surface area contributed by atoms with E-state index in [9.17, 15) is 8.42 Å². The van der Waals surface area contributed by atoms with Crippen LogP contribution in [-0.4, -0.2) is 37.5 Å². The average molecular weight is 273 g/mol. The zero-order chi connectivity index (χ0) is 13.2. The lowest BCUT2D eigenvalue weighted by molar-refractivity contribution is 0.114. The highest BCUT2D eigenvalue weighted by molar-refractivity contribution is 7.89. The Morgan fingerprint density at radius 2 is 2.39 bits per heavy atom. The van der Waals surface area contributed by atoms with Crippen LogP contribution in [-0.2, 0) is 14.8 Å². The molecule has 2 heterocycles. The molecule has 1 atom stereocenters. The molecular weight excluding hydrogens is 254 g/mol. The van der Waals surface area contributed by atoms with Gasteiger partial charge in [0.25, 0.3) is 0 Å². The Bertz CT molecular complexity index is 489. The summed E-state index contributed by atoms with van der Waals surface area (Å²) in [6.07, 6.45) is 4.83. The third-order valence-electron chi connectivity index (χ3n) is 2.94. The molecule has 1 aromatic rings. The number of nitrogens with zero attached hydrogens (tertiary/aromatic N) is 2. The van der Waals surface area contributed by atoms with Crippen LogP contribution in [0.1, 0.15) is 32.7 Å². The minimum atomic E-state index is -3.47. The maximum atomic E-state index is 12.0. The lowest BCUT2D eigenvalue weighted by Crippen LogP contribution is -2.31. The van der Waals surface area contributed by atoms with Gasteiger partial charge in [-0.15, -0.1) is 0 Å². The van der Waals surface area contributed by atoms with Crippen LogP contribution in [0.2, 0.25) is 0 Å². The molecule has 0 aromatic carbocycles. The number of aromatic nitrogens is 2. The Balaban J connectivity index is 2.00. The fraction of sp³-hybridized carbons (Fsp3) is 0.727. The van der Waals surface area contributed by atoms with E-state index < -0.39 is 10.0 Å². The minimum Gasteiger partial charge on any atom is -0.377 e. The highest BCUT2D eigenvalue weighted by atomic mass is 32.2. The number of nitrogens with one attached hydrogen (secondary N) is 1. The van der Waals surface area contributed by atoms with Gasteiger partial charge in [-0.3, -0.25) is 4.68 Å². The van der Waals surface area contributed by atoms with Gasteiger partial charge in [0.1, 0.15) is 4.90 Å². The number of hydrogen-bond acceptors (Lipinski definition) is 4. The van der Waals surface area contributed by atoms with E-state index in [2.05, 4.69) is 9.82 Å². The van der Waals surface area contributed by atoms with E-state index in [1.807, 2.05) is 13.8 Å². The van der Waals surface area contributed by atoms with Gasteiger partial charge in [0.15, 0.2) is 0 Å². The monoisotopic (exact) mass is 273 g/mol. The van der Waals surface area contributed by atoms with Crippen LogP contribution in [0.25, 0.3) is 0 Å². The number of ether oxygens (including phenoxy) is 1. The van der Waals surface area contributed by atoms with E-state index >= 15 is 0 Å². The largest absolute Gasteiger partial charge is 0.377 e. The van der Waals surface area contributed by atoms with Gasteiger partial charge in [0.2, 0.25) is 10.0 Å². The van der Waals surface area contributed by atoms with Crippen molar-refractivity contribution in [2.75, 3.05) is 13.2 Å². The van der Waals surface area contributed by atoms with Crippen LogP contribution in [0.15, 0.2) is 17.3 Å². The molecule has 1 aliphatic rings. The van der Waals surface area contributed by atoms with Gasteiger partial charge < -0.3 is 4.74 Å². The van der Waals surface area contributed by atoms with Gasteiger partial charge >= 0.3 is 0 Å². The van der Waals surface area contributed by atoms with Crippen molar-refractivity contribution in [1.29, 1.82) is 0 Å². The summed E-state index contributed by atoms with van der Waals surface area (Å²) in [5.74, 6) is 0. The van der Waals surface area contributed by atoms with Gasteiger partial charge in [-0.05, 0) is 26.7 Å². The predicted molar refractivity (Wildman–Crippen MR) is 66.8 cm³/mol. The molecule has 1 saturated heterocycles. The second kappa shape index (κ2) is 5.38. The van der Waals surface area contributed by atoms with Gasteiger partial charge in [-0.2, -0.15) is 5.10 Å². The first-order valence-corrected chi connectivity index (χ1v) is 7.63.